The molecule has 0 unspecified atom stereocenters. The molecule has 2 aromatic rings. The van der Waals surface area contributed by atoms with Gasteiger partial charge in [0, 0.05) is 24.7 Å². The normalized spacial score (nSPS) is 10.8. The highest BCUT2D eigenvalue weighted by Crippen LogP contribution is 2.23. The number of thioether (sulfide) groups is 1. The summed E-state index contributed by atoms with van der Waals surface area (Å²) in [5.41, 5.74) is 9.24. The number of nitrogens with zero attached hydrogens (tertiary/aromatic N) is 2. The van der Waals surface area contributed by atoms with Crippen LogP contribution in [0.4, 0.5) is 0 Å². The first-order valence-electron chi connectivity index (χ1n) is 5.66. The molecule has 90 valence electrons. The Bertz CT molecular complexity index is 505. The second kappa shape index (κ2) is 5.38. The van der Waals surface area contributed by atoms with E-state index in [1.54, 1.807) is 11.8 Å². The molecular weight excluding hydrogens is 230 g/mol. The summed E-state index contributed by atoms with van der Waals surface area (Å²) in [5, 5.41) is 1.00. The number of hydrogen-bond donors (Lipinski definition) is 1. The van der Waals surface area contributed by atoms with Crippen LogP contribution in [0.5, 0.6) is 0 Å². The summed E-state index contributed by atoms with van der Waals surface area (Å²) in [4.78, 5) is 4.37. The Kier molecular flexibility index (Phi) is 3.86. The maximum Gasteiger partial charge on any atom is 0.172 e. The van der Waals surface area contributed by atoms with Gasteiger partial charge in [-0.3, -0.25) is 4.57 Å². The van der Waals surface area contributed by atoms with Gasteiger partial charge in [-0.1, -0.05) is 23.9 Å². The minimum atomic E-state index is 0.671. The van der Waals surface area contributed by atoms with Crippen molar-refractivity contribution in [3.8, 4) is 5.69 Å². The SMILES string of the molecule is Cc1ccc(C)c(-n2ccnc2SCCN)c1. The molecule has 0 fully saturated rings. The molecule has 2 rings (SSSR count). The monoisotopic (exact) mass is 247 g/mol. The summed E-state index contributed by atoms with van der Waals surface area (Å²) in [6.45, 7) is 4.89. The number of aromatic nitrogens is 2. The molecule has 0 aliphatic heterocycles. The van der Waals surface area contributed by atoms with Crippen molar-refractivity contribution in [2.75, 3.05) is 12.3 Å². The van der Waals surface area contributed by atoms with Gasteiger partial charge in [0.2, 0.25) is 0 Å². The maximum atomic E-state index is 5.53. The summed E-state index contributed by atoms with van der Waals surface area (Å²) in [5.74, 6) is 0.891. The molecule has 0 atom stereocenters. The lowest BCUT2D eigenvalue weighted by Gasteiger charge is -2.11. The predicted molar refractivity (Wildman–Crippen MR) is 72.8 cm³/mol. The van der Waals surface area contributed by atoms with Gasteiger partial charge in [-0.25, -0.2) is 4.98 Å². The van der Waals surface area contributed by atoms with Gasteiger partial charge in [0.05, 0.1) is 5.69 Å². The lowest BCUT2D eigenvalue weighted by atomic mass is 10.1. The van der Waals surface area contributed by atoms with Crippen molar-refractivity contribution >= 4 is 11.8 Å². The predicted octanol–water partition coefficient (Wildman–Crippen LogP) is 2.54. The van der Waals surface area contributed by atoms with Crippen molar-refractivity contribution in [1.29, 1.82) is 0 Å². The van der Waals surface area contributed by atoms with Crippen LogP contribution in [-0.4, -0.2) is 21.8 Å². The second-order valence-corrected chi connectivity index (χ2v) is 5.07. The number of benzene rings is 1. The lowest BCUT2D eigenvalue weighted by molar-refractivity contribution is 0.885. The topological polar surface area (TPSA) is 43.8 Å². The van der Waals surface area contributed by atoms with Gasteiger partial charge in [-0.05, 0) is 31.0 Å². The van der Waals surface area contributed by atoms with Gasteiger partial charge in [0.25, 0.3) is 0 Å². The zero-order valence-electron chi connectivity index (χ0n) is 10.2. The summed E-state index contributed by atoms with van der Waals surface area (Å²) in [7, 11) is 0. The first-order valence-corrected chi connectivity index (χ1v) is 6.65. The number of nitrogens with two attached hydrogens (primary N) is 1. The van der Waals surface area contributed by atoms with E-state index in [-0.39, 0.29) is 0 Å². The van der Waals surface area contributed by atoms with E-state index in [9.17, 15) is 0 Å². The van der Waals surface area contributed by atoms with Crippen LogP contribution >= 0.6 is 11.8 Å². The van der Waals surface area contributed by atoms with Crippen LogP contribution < -0.4 is 5.73 Å². The number of aryl methyl sites for hydroxylation is 2. The standard InChI is InChI=1S/C13H17N3S/c1-10-3-4-11(2)12(9-10)16-7-6-15-13(16)17-8-5-14/h3-4,6-7,9H,5,8,14H2,1-2H3. The van der Waals surface area contributed by atoms with Crippen molar-refractivity contribution in [2.24, 2.45) is 5.73 Å². The molecule has 0 aliphatic carbocycles. The van der Waals surface area contributed by atoms with Crippen molar-refractivity contribution in [3.05, 3.63) is 41.7 Å². The van der Waals surface area contributed by atoms with E-state index in [0.717, 1.165) is 10.9 Å². The Balaban J connectivity index is 2.38. The average Bonchev–Trinajstić information content (AvgIpc) is 2.77. The highest BCUT2D eigenvalue weighted by molar-refractivity contribution is 7.99. The number of rotatable bonds is 4. The third-order valence-corrected chi connectivity index (χ3v) is 3.58. The van der Waals surface area contributed by atoms with Gasteiger partial charge in [-0.15, -0.1) is 0 Å². The minimum Gasteiger partial charge on any atom is -0.330 e. The molecule has 4 heteroatoms. The van der Waals surface area contributed by atoms with E-state index < -0.39 is 0 Å². The van der Waals surface area contributed by atoms with Crippen LogP contribution in [-0.2, 0) is 0 Å². The highest BCUT2D eigenvalue weighted by atomic mass is 32.2. The van der Waals surface area contributed by atoms with Crippen molar-refractivity contribution in [3.63, 3.8) is 0 Å². The van der Waals surface area contributed by atoms with Gasteiger partial charge in [-0.2, -0.15) is 0 Å². The van der Waals surface area contributed by atoms with E-state index >= 15 is 0 Å². The molecule has 2 N–H and O–H groups in total. The first kappa shape index (κ1) is 12.2. The van der Waals surface area contributed by atoms with E-state index in [2.05, 4.69) is 41.6 Å². The van der Waals surface area contributed by atoms with Crippen molar-refractivity contribution in [2.45, 2.75) is 19.0 Å². The molecule has 17 heavy (non-hydrogen) atoms. The Morgan fingerprint density at radius 3 is 2.94 bits per heavy atom. The van der Waals surface area contributed by atoms with E-state index in [1.165, 1.54) is 16.8 Å². The summed E-state index contributed by atoms with van der Waals surface area (Å²) in [6.07, 6.45) is 3.83. The van der Waals surface area contributed by atoms with Gasteiger partial charge < -0.3 is 5.73 Å². The fourth-order valence-electron chi connectivity index (χ4n) is 1.71. The molecule has 1 aromatic heterocycles. The van der Waals surface area contributed by atoms with Crippen LogP contribution in [0.2, 0.25) is 0 Å². The number of hydrogen-bond acceptors (Lipinski definition) is 3. The lowest BCUT2D eigenvalue weighted by Crippen LogP contribution is -2.04. The molecule has 0 saturated heterocycles. The minimum absolute atomic E-state index is 0.671. The maximum absolute atomic E-state index is 5.53. The van der Waals surface area contributed by atoms with Crippen LogP contribution in [0, 0.1) is 13.8 Å². The molecule has 1 heterocycles. The van der Waals surface area contributed by atoms with E-state index in [4.69, 9.17) is 5.73 Å². The van der Waals surface area contributed by atoms with Gasteiger partial charge in [0.15, 0.2) is 5.16 Å². The molecule has 0 saturated carbocycles. The smallest absolute Gasteiger partial charge is 0.172 e. The van der Waals surface area contributed by atoms with Crippen LogP contribution in [0.15, 0.2) is 35.7 Å². The first-order chi connectivity index (χ1) is 8.22. The molecule has 1 aromatic carbocycles. The molecule has 3 nitrogen and oxygen atoms in total. The fraction of sp³-hybridized carbons (Fsp3) is 0.308. The van der Waals surface area contributed by atoms with Crippen molar-refractivity contribution in [1.82, 2.24) is 9.55 Å². The Morgan fingerprint density at radius 1 is 1.35 bits per heavy atom. The Labute approximate surface area is 106 Å². The molecular formula is C13H17N3S. The summed E-state index contributed by atoms with van der Waals surface area (Å²) < 4.78 is 2.13. The number of imidazole rings is 1. The van der Waals surface area contributed by atoms with E-state index in [1.807, 2.05) is 12.4 Å². The third-order valence-electron chi connectivity index (χ3n) is 2.58. The Hall–Kier alpha value is -1.26. The van der Waals surface area contributed by atoms with Gasteiger partial charge in [0.1, 0.15) is 0 Å². The largest absolute Gasteiger partial charge is 0.330 e. The van der Waals surface area contributed by atoms with Crippen LogP contribution in [0.1, 0.15) is 11.1 Å². The van der Waals surface area contributed by atoms with E-state index in [0.29, 0.717) is 6.54 Å². The quantitative estimate of drug-likeness (QED) is 0.844. The summed E-state index contributed by atoms with van der Waals surface area (Å²) >= 11 is 1.69. The molecule has 0 spiro atoms. The summed E-state index contributed by atoms with van der Waals surface area (Å²) in [6, 6.07) is 6.45. The molecule has 0 amide bonds. The van der Waals surface area contributed by atoms with Crippen LogP contribution in [0.3, 0.4) is 0 Å². The second-order valence-electron chi connectivity index (χ2n) is 4.01. The molecule has 0 bridgehead atoms. The highest BCUT2D eigenvalue weighted by Gasteiger charge is 2.07. The van der Waals surface area contributed by atoms with Crippen molar-refractivity contribution < 1.29 is 0 Å². The zero-order valence-corrected chi connectivity index (χ0v) is 11.0. The zero-order chi connectivity index (χ0) is 12.3. The Morgan fingerprint density at radius 2 is 2.18 bits per heavy atom. The molecule has 0 aliphatic rings. The third kappa shape index (κ3) is 2.70. The van der Waals surface area contributed by atoms with Crippen LogP contribution in [0.25, 0.3) is 5.69 Å². The molecule has 0 radical (unpaired) electrons. The average molecular weight is 247 g/mol. The fourth-order valence-corrected chi connectivity index (χ4v) is 2.44. The van der Waals surface area contributed by atoms with Gasteiger partial charge >= 0.3 is 0 Å².